The van der Waals surface area contributed by atoms with Gasteiger partial charge in [-0.3, -0.25) is 4.79 Å². The van der Waals surface area contributed by atoms with Gasteiger partial charge in [0.1, 0.15) is 0 Å². The normalized spacial score (nSPS) is 14.3. The Kier molecular flexibility index (Phi) is 4.04. The summed E-state index contributed by atoms with van der Waals surface area (Å²) in [5, 5.41) is 2.91. The SMILES string of the molecule is COCC[C@H](C)NC(=O)c1ccc2c(c1)OCO2. The Labute approximate surface area is 106 Å². The van der Waals surface area contributed by atoms with Crippen molar-refractivity contribution in [3.63, 3.8) is 0 Å². The lowest BCUT2D eigenvalue weighted by atomic mass is 10.1. The van der Waals surface area contributed by atoms with Gasteiger partial charge < -0.3 is 19.5 Å². The molecular weight excluding hydrogens is 234 g/mol. The molecule has 98 valence electrons. The van der Waals surface area contributed by atoms with Crippen LogP contribution in [-0.4, -0.2) is 32.5 Å². The maximum Gasteiger partial charge on any atom is 0.251 e. The summed E-state index contributed by atoms with van der Waals surface area (Å²) in [4.78, 5) is 12.0. The van der Waals surface area contributed by atoms with Crippen molar-refractivity contribution in [2.24, 2.45) is 0 Å². The van der Waals surface area contributed by atoms with Gasteiger partial charge >= 0.3 is 0 Å². The summed E-state index contributed by atoms with van der Waals surface area (Å²) in [5.74, 6) is 1.18. The number of carbonyl (C=O) groups is 1. The summed E-state index contributed by atoms with van der Waals surface area (Å²) >= 11 is 0. The summed E-state index contributed by atoms with van der Waals surface area (Å²) in [7, 11) is 1.65. The first-order valence-electron chi connectivity index (χ1n) is 5.90. The van der Waals surface area contributed by atoms with Crippen LogP contribution in [0.5, 0.6) is 11.5 Å². The van der Waals surface area contributed by atoms with E-state index in [9.17, 15) is 4.79 Å². The molecule has 1 aromatic rings. The molecule has 1 amide bonds. The first kappa shape index (κ1) is 12.7. The molecule has 5 heteroatoms. The molecule has 1 atom stereocenters. The highest BCUT2D eigenvalue weighted by atomic mass is 16.7. The van der Waals surface area contributed by atoms with Crippen molar-refractivity contribution >= 4 is 5.91 Å². The number of fused-ring (bicyclic) bond motifs is 1. The monoisotopic (exact) mass is 251 g/mol. The Balaban J connectivity index is 1.96. The highest BCUT2D eigenvalue weighted by Gasteiger charge is 2.17. The van der Waals surface area contributed by atoms with Gasteiger partial charge in [0.15, 0.2) is 11.5 Å². The number of nitrogens with one attached hydrogen (secondary N) is 1. The molecule has 0 radical (unpaired) electrons. The topological polar surface area (TPSA) is 56.8 Å². The van der Waals surface area contributed by atoms with Crippen LogP contribution in [0.1, 0.15) is 23.7 Å². The Bertz CT molecular complexity index is 433. The molecule has 0 unspecified atom stereocenters. The van der Waals surface area contributed by atoms with Crippen molar-refractivity contribution in [3.8, 4) is 11.5 Å². The van der Waals surface area contributed by atoms with Gasteiger partial charge in [0.05, 0.1) is 0 Å². The zero-order valence-corrected chi connectivity index (χ0v) is 10.6. The predicted octanol–water partition coefficient (Wildman–Crippen LogP) is 1.57. The van der Waals surface area contributed by atoms with Crippen LogP contribution in [0.25, 0.3) is 0 Å². The van der Waals surface area contributed by atoms with Crippen LogP contribution in [-0.2, 0) is 4.74 Å². The third kappa shape index (κ3) is 2.92. The van der Waals surface area contributed by atoms with Gasteiger partial charge in [0.25, 0.3) is 5.91 Å². The number of hydrogen-bond acceptors (Lipinski definition) is 4. The standard InChI is InChI=1S/C13H17NO4/c1-9(5-6-16-2)14-13(15)10-3-4-11-12(7-10)18-8-17-11/h3-4,7,9H,5-6,8H2,1-2H3,(H,14,15)/t9-/m0/s1. The second-order valence-electron chi connectivity index (χ2n) is 4.22. The van der Waals surface area contributed by atoms with Crippen molar-refractivity contribution in [1.82, 2.24) is 5.32 Å². The number of benzene rings is 1. The third-order valence-corrected chi connectivity index (χ3v) is 2.77. The lowest BCUT2D eigenvalue weighted by Gasteiger charge is -2.13. The van der Waals surface area contributed by atoms with Crippen molar-refractivity contribution in [2.75, 3.05) is 20.5 Å². The maximum absolute atomic E-state index is 12.0. The Morgan fingerprint density at radius 2 is 2.22 bits per heavy atom. The fourth-order valence-electron chi connectivity index (χ4n) is 1.71. The number of carbonyl (C=O) groups excluding carboxylic acids is 1. The molecule has 1 aromatic carbocycles. The quantitative estimate of drug-likeness (QED) is 0.863. The molecule has 0 aromatic heterocycles. The van der Waals surface area contributed by atoms with E-state index in [-0.39, 0.29) is 18.7 Å². The molecule has 18 heavy (non-hydrogen) atoms. The summed E-state index contributed by atoms with van der Waals surface area (Å²) in [6, 6.07) is 5.24. The van der Waals surface area contributed by atoms with Crippen LogP contribution >= 0.6 is 0 Å². The average molecular weight is 251 g/mol. The summed E-state index contributed by atoms with van der Waals surface area (Å²) in [6.45, 7) is 2.79. The number of ether oxygens (including phenoxy) is 3. The molecule has 1 aliphatic rings. The Morgan fingerprint density at radius 3 is 3.00 bits per heavy atom. The average Bonchev–Trinajstić information content (AvgIpc) is 2.83. The minimum absolute atomic E-state index is 0.0721. The minimum atomic E-state index is -0.114. The van der Waals surface area contributed by atoms with Gasteiger partial charge in [-0.15, -0.1) is 0 Å². The zero-order valence-electron chi connectivity index (χ0n) is 10.6. The molecule has 0 saturated carbocycles. The van der Waals surface area contributed by atoms with Crippen LogP contribution in [0.15, 0.2) is 18.2 Å². The van der Waals surface area contributed by atoms with Crippen molar-refractivity contribution < 1.29 is 19.0 Å². The largest absolute Gasteiger partial charge is 0.454 e. The first-order valence-corrected chi connectivity index (χ1v) is 5.90. The second kappa shape index (κ2) is 5.73. The molecule has 0 spiro atoms. The van der Waals surface area contributed by atoms with E-state index in [1.165, 1.54) is 0 Å². The number of methoxy groups -OCH3 is 1. The van der Waals surface area contributed by atoms with E-state index in [1.54, 1.807) is 25.3 Å². The molecular formula is C13H17NO4. The predicted molar refractivity (Wildman–Crippen MR) is 66.0 cm³/mol. The van der Waals surface area contributed by atoms with Crippen molar-refractivity contribution in [1.29, 1.82) is 0 Å². The molecule has 1 N–H and O–H groups in total. The summed E-state index contributed by atoms with van der Waals surface area (Å²) in [6.07, 6.45) is 0.785. The van der Waals surface area contributed by atoms with E-state index in [1.807, 2.05) is 6.92 Å². The molecule has 0 bridgehead atoms. The van der Waals surface area contributed by atoms with Crippen LogP contribution in [0, 0.1) is 0 Å². The molecule has 1 heterocycles. The highest BCUT2D eigenvalue weighted by molar-refractivity contribution is 5.95. The first-order chi connectivity index (χ1) is 8.70. The Hall–Kier alpha value is -1.75. The van der Waals surface area contributed by atoms with E-state index < -0.39 is 0 Å². The number of amides is 1. The molecule has 2 rings (SSSR count). The summed E-state index contributed by atoms with van der Waals surface area (Å²) in [5.41, 5.74) is 0.573. The fourth-order valence-corrected chi connectivity index (χ4v) is 1.71. The van der Waals surface area contributed by atoms with Crippen LogP contribution in [0.3, 0.4) is 0 Å². The van der Waals surface area contributed by atoms with Gasteiger partial charge in [-0.25, -0.2) is 0 Å². The van der Waals surface area contributed by atoms with Gasteiger partial charge in [-0.05, 0) is 31.5 Å². The summed E-state index contributed by atoms with van der Waals surface area (Å²) < 4.78 is 15.4. The van der Waals surface area contributed by atoms with E-state index in [4.69, 9.17) is 14.2 Å². The van der Waals surface area contributed by atoms with Gasteiger partial charge in [0.2, 0.25) is 6.79 Å². The molecule has 5 nitrogen and oxygen atoms in total. The van der Waals surface area contributed by atoms with Crippen LogP contribution in [0.4, 0.5) is 0 Å². The smallest absolute Gasteiger partial charge is 0.251 e. The highest BCUT2D eigenvalue weighted by Crippen LogP contribution is 2.32. The van der Waals surface area contributed by atoms with Crippen molar-refractivity contribution in [2.45, 2.75) is 19.4 Å². The maximum atomic E-state index is 12.0. The molecule has 1 aliphatic heterocycles. The molecule has 0 fully saturated rings. The van der Waals surface area contributed by atoms with E-state index in [2.05, 4.69) is 5.32 Å². The van der Waals surface area contributed by atoms with Gasteiger partial charge in [0, 0.05) is 25.3 Å². The lowest BCUT2D eigenvalue weighted by molar-refractivity contribution is 0.0929. The minimum Gasteiger partial charge on any atom is -0.454 e. The zero-order chi connectivity index (χ0) is 13.0. The van der Waals surface area contributed by atoms with Gasteiger partial charge in [-0.1, -0.05) is 0 Å². The van der Waals surface area contributed by atoms with E-state index in [0.717, 1.165) is 6.42 Å². The second-order valence-corrected chi connectivity index (χ2v) is 4.22. The van der Waals surface area contributed by atoms with Gasteiger partial charge in [-0.2, -0.15) is 0 Å². The third-order valence-electron chi connectivity index (χ3n) is 2.77. The van der Waals surface area contributed by atoms with Crippen LogP contribution in [0.2, 0.25) is 0 Å². The van der Waals surface area contributed by atoms with E-state index in [0.29, 0.717) is 23.7 Å². The lowest BCUT2D eigenvalue weighted by Crippen LogP contribution is -2.33. The van der Waals surface area contributed by atoms with E-state index >= 15 is 0 Å². The molecule has 0 aliphatic carbocycles. The number of rotatable bonds is 5. The number of hydrogen-bond donors (Lipinski definition) is 1. The fraction of sp³-hybridized carbons (Fsp3) is 0.462. The Morgan fingerprint density at radius 1 is 1.44 bits per heavy atom. The van der Waals surface area contributed by atoms with Crippen LogP contribution < -0.4 is 14.8 Å². The van der Waals surface area contributed by atoms with Crippen molar-refractivity contribution in [3.05, 3.63) is 23.8 Å². The molecule has 0 saturated heterocycles.